The quantitative estimate of drug-likeness (QED) is 0.365. The Bertz CT molecular complexity index is 641. The summed E-state index contributed by atoms with van der Waals surface area (Å²) < 4.78 is 5.43. The van der Waals surface area contributed by atoms with E-state index in [1.165, 1.54) is 76.3 Å². The van der Waals surface area contributed by atoms with Gasteiger partial charge in [-0.3, -0.25) is 0 Å². The van der Waals surface area contributed by atoms with Crippen LogP contribution < -0.4 is 4.74 Å². The molecule has 27 heavy (non-hydrogen) atoms. The summed E-state index contributed by atoms with van der Waals surface area (Å²) in [5.41, 5.74) is 2.15. The molecular weight excluding hydrogens is 334 g/mol. The Hall–Kier alpha value is -1.61. The zero-order valence-electron chi connectivity index (χ0n) is 17.1. The van der Waals surface area contributed by atoms with Crippen LogP contribution in [0.1, 0.15) is 82.7 Å². The molecule has 1 aromatic carbocycles. The van der Waals surface area contributed by atoms with Crippen LogP contribution in [0.15, 0.2) is 30.3 Å². The average molecular weight is 372 g/mol. The number of hydrogen-bond donors (Lipinski definition) is 1. The molecule has 0 bridgehead atoms. The van der Waals surface area contributed by atoms with Crippen LogP contribution in [0.5, 0.6) is 5.75 Å². The number of nitrogens with zero attached hydrogens (tertiary/aromatic N) is 1. The van der Waals surface area contributed by atoms with Gasteiger partial charge in [0.25, 0.3) is 0 Å². The Balaban J connectivity index is 1.51. The van der Waals surface area contributed by atoms with Crippen molar-refractivity contribution in [2.24, 2.45) is 0 Å². The fourth-order valence-electron chi connectivity index (χ4n) is 3.65. The first-order valence-corrected chi connectivity index (χ1v) is 10.9. The minimum absolute atomic E-state index is 0.352. The van der Waals surface area contributed by atoms with E-state index in [0.717, 1.165) is 29.5 Å². The molecule has 0 saturated carbocycles. The highest BCUT2D eigenvalue weighted by molar-refractivity contribution is 5.84. The number of methoxy groups -OCH3 is 1. The van der Waals surface area contributed by atoms with Crippen molar-refractivity contribution < 1.29 is 9.84 Å². The number of aliphatic hydroxyl groups is 1. The van der Waals surface area contributed by atoms with Crippen molar-refractivity contribution in [1.29, 1.82) is 0 Å². The van der Waals surface area contributed by atoms with Gasteiger partial charge in [0.05, 0.1) is 7.11 Å². The van der Waals surface area contributed by atoms with Gasteiger partial charge in [-0.2, -0.15) is 0 Å². The van der Waals surface area contributed by atoms with Crippen LogP contribution in [0, 0.1) is 0 Å². The second kappa shape index (κ2) is 13.5. The lowest BCUT2D eigenvalue weighted by Crippen LogP contribution is -1.94. The molecule has 2 rings (SSSR count). The molecule has 0 aliphatic rings. The van der Waals surface area contributed by atoms with Crippen molar-refractivity contribution in [3.05, 3.63) is 36.0 Å². The minimum atomic E-state index is 0.352. The third-order valence-electron chi connectivity index (χ3n) is 5.30. The van der Waals surface area contributed by atoms with Crippen molar-refractivity contribution in [3.63, 3.8) is 0 Å². The smallest absolute Gasteiger partial charge is 0.145 e. The lowest BCUT2D eigenvalue weighted by molar-refractivity contribution is 0.282. The second-order valence-corrected chi connectivity index (χ2v) is 7.55. The molecule has 1 N–H and O–H groups in total. The predicted octanol–water partition coefficient (Wildman–Crippen LogP) is 6.46. The van der Waals surface area contributed by atoms with Crippen molar-refractivity contribution >= 4 is 10.9 Å². The van der Waals surface area contributed by atoms with Crippen LogP contribution in [0.3, 0.4) is 0 Å². The second-order valence-electron chi connectivity index (χ2n) is 7.55. The first kappa shape index (κ1) is 21.7. The van der Waals surface area contributed by atoms with Crippen LogP contribution in [0.25, 0.3) is 10.9 Å². The summed E-state index contributed by atoms with van der Waals surface area (Å²) in [7, 11) is 1.71. The Kier molecular flexibility index (Phi) is 10.9. The third-order valence-corrected chi connectivity index (χ3v) is 5.30. The SMILES string of the molecule is COc1cccc2ccc(CCCCCCCCCCCCCCO)nc12. The molecule has 0 aliphatic carbocycles. The molecule has 0 atom stereocenters. The van der Waals surface area contributed by atoms with Crippen LogP contribution in [-0.4, -0.2) is 23.8 Å². The highest BCUT2D eigenvalue weighted by atomic mass is 16.5. The number of benzene rings is 1. The van der Waals surface area contributed by atoms with Crippen LogP contribution in [-0.2, 0) is 6.42 Å². The van der Waals surface area contributed by atoms with E-state index in [1.54, 1.807) is 7.11 Å². The molecular formula is C24H37NO2. The summed E-state index contributed by atoms with van der Waals surface area (Å²) in [4.78, 5) is 4.80. The molecule has 3 nitrogen and oxygen atoms in total. The van der Waals surface area contributed by atoms with E-state index < -0.39 is 0 Å². The van der Waals surface area contributed by atoms with Crippen molar-refractivity contribution in [2.45, 2.75) is 83.5 Å². The fraction of sp³-hybridized carbons (Fsp3) is 0.625. The van der Waals surface area contributed by atoms with Crippen molar-refractivity contribution in [1.82, 2.24) is 4.98 Å². The molecule has 0 saturated heterocycles. The number of fused-ring (bicyclic) bond motifs is 1. The zero-order valence-corrected chi connectivity index (χ0v) is 17.1. The molecule has 150 valence electrons. The lowest BCUT2D eigenvalue weighted by Gasteiger charge is -2.07. The van der Waals surface area contributed by atoms with E-state index in [9.17, 15) is 0 Å². The highest BCUT2D eigenvalue weighted by Gasteiger charge is 2.04. The van der Waals surface area contributed by atoms with Crippen molar-refractivity contribution in [3.8, 4) is 5.75 Å². The Labute approximate surface area is 165 Å². The molecule has 1 aromatic heterocycles. The molecule has 0 fully saturated rings. The highest BCUT2D eigenvalue weighted by Crippen LogP contribution is 2.24. The maximum absolute atomic E-state index is 8.75. The van der Waals surface area contributed by atoms with E-state index in [2.05, 4.69) is 18.2 Å². The molecule has 0 amide bonds. The normalized spacial score (nSPS) is 11.2. The Morgan fingerprint density at radius 3 is 1.93 bits per heavy atom. The van der Waals surface area contributed by atoms with Gasteiger partial charge < -0.3 is 9.84 Å². The molecule has 1 heterocycles. The number of unbranched alkanes of at least 4 members (excludes halogenated alkanes) is 11. The van der Waals surface area contributed by atoms with Gasteiger partial charge in [0.15, 0.2) is 0 Å². The van der Waals surface area contributed by atoms with E-state index in [1.807, 2.05) is 12.1 Å². The maximum atomic E-state index is 8.75. The summed E-state index contributed by atoms with van der Waals surface area (Å²) in [5.74, 6) is 0.864. The first-order chi connectivity index (χ1) is 13.3. The fourth-order valence-corrected chi connectivity index (χ4v) is 3.65. The van der Waals surface area contributed by atoms with Gasteiger partial charge >= 0.3 is 0 Å². The number of aliphatic hydroxyl groups excluding tert-OH is 1. The van der Waals surface area contributed by atoms with Crippen LogP contribution >= 0.6 is 0 Å². The summed E-state index contributed by atoms with van der Waals surface area (Å²) in [6.45, 7) is 0.352. The summed E-state index contributed by atoms with van der Waals surface area (Å²) in [6, 6.07) is 10.4. The van der Waals surface area contributed by atoms with Gasteiger partial charge in [0, 0.05) is 17.7 Å². The maximum Gasteiger partial charge on any atom is 0.145 e. The number of pyridine rings is 1. The topological polar surface area (TPSA) is 42.4 Å². The molecule has 0 spiro atoms. The number of rotatable bonds is 15. The predicted molar refractivity (Wildman–Crippen MR) is 114 cm³/mol. The van der Waals surface area contributed by atoms with E-state index in [0.29, 0.717) is 6.61 Å². The van der Waals surface area contributed by atoms with Gasteiger partial charge in [-0.25, -0.2) is 4.98 Å². The Morgan fingerprint density at radius 2 is 1.33 bits per heavy atom. The van der Waals surface area contributed by atoms with Gasteiger partial charge in [-0.15, -0.1) is 0 Å². The Morgan fingerprint density at radius 1 is 0.741 bits per heavy atom. The third kappa shape index (κ3) is 8.30. The molecule has 2 aromatic rings. The van der Waals surface area contributed by atoms with E-state index in [-0.39, 0.29) is 0 Å². The molecule has 0 radical (unpaired) electrons. The van der Waals surface area contributed by atoms with E-state index in [4.69, 9.17) is 14.8 Å². The summed E-state index contributed by atoms with van der Waals surface area (Å²) >= 11 is 0. The number of aryl methyl sites for hydroxylation is 1. The largest absolute Gasteiger partial charge is 0.494 e. The van der Waals surface area contributed by atoms with Gasteiger partial charge in [0.2, 0.25) is 0 Å². The number of hydrogen-bond acceptors (Lipinski definition) is 3. The van der Waals surface area contributed by atoms with Crippen LogP contribution in [0.2, 0.25) is 0 Å². The van der Waals surface area contributed by atoms with Gasteiger partial charge in [-0.1, -0.05) is 82.4 Å². The zero-order chi connectivity index (χ0) is 19.2. The number of aromatic nitrogens is 1. The van der Waals surface area contributed by atoms with E-state index >= 15 is 0 Å². The van der Waals surface area contributed by atoms with Crippen molar-refractivity contribution in [2.75, 3.05) is 13.7 Å². The summed E-state index contributed by atoms with van der Waals surface area (Å²) in [5, 5.41) is 9.89. The van der Waals surface area contributed by atoms with Gasteiger partial charge in [0.1, 0.15) is 11.3 Å². The molecule has 0 aliphatic heterocycles. The molecule has 0 unspecified atom stereocenters. The summed E-state index contributed by atoms with van der Waals surface area (Å²) in [6.07, 6.45) is 16.6. The average Bonchev–Trinajstić information content (AvgIpc) is 2.71. The minimum Gasteiger partial charge on any atom is -0.494 e. The standard InChI is InChI=1S/C24H37NO2/c1-27-23-17-14-15-21-18-19-22(25-24(21)23)16-12-10-8-6-4-2-3-5-7-9-11-13-20-26/h14-15,17-19,26H,2-13,16,20H2,1H3. The first-order valence-electron chi connectivity index (χ1n) is 10.9. The monoisotopic (exact) mass is 371 g/mol. The lowest BCUT2D eigenvalue weighted by atomic mass is 10.0. The number of para-hydroxylation sites is 1. The van der Waals surface area contributed by atoms with Gasteiger partial charge in [-0.05, 0) is 31.4 Å². The number of ether oxygens (including phenoxy) is 1. The molecule has 3 heteroatoms. The van der Waals surface area contributed by atoms with Crippen LogP contribution in [0.4, 0.5) is 0 Å².